The summed E-state index contributed by atoms with van der Waals surface area (Å²) in [5.41, 5.74) is 2.88. The average molecular weight is 299 g/mol. The van der Waals surface area contributed by atoms with Crippen LogP contribution in [0.3, 0.4) is 0 Å². The van der Waals surface area contributed by atoms with E-state index in [9.17, 15) is 9.59 Å². The van der Waals surface area contributed by atoms with Crippen LogP contribution in [0.4, 0.5) is 0 Å². The Hall–Kier alpha value is -1.69. The van der Waals surface area contributed by atoms with Gasteiger partial charge in [0.25, 0.3) is 0 Å². The summed E-state index contributed by atoms with van der Waals surface area (Å²) in [5.74, 6) is -1.83. The number of rotatable bonds is 3. The Morgan fingerprint density at radius 1 is 1.41 bits per heavy atom. The molecule has 0 aromatic heterocycles. The molecule has 1 rings (SSSR count). The van der Waals surface area contributed by atoms with Gasteiger partial charge < -0.3 is 4.74 Å². The highest BCUT2D eigenvalue weighted by atomic mass is 79.9. The maximum atomic E-state index is 11.1. The summed E-state index contributed by atoms with van der Waals surface area (Å²) in [6.45, 7) is 1.78. The van der Waals surface area contributed by atoms with Crippen LogP contribution in [-0.4, -0.2) is 24.7 Å². The number of halogens is 1. The molecule has 0 fully saturated rings. The third kappa shape index (κ3) is 4.78. The van der Waals surface area contributed by atoms with Gasteiger partial charge in [0.1, 0.15) is 0 Å². The van der Waals surface area contributed by atoms with Crippen molar-refractivity contribution in [3.8, 4) is 0 Å². The highest BCUT2D eigenvalue weighted by Gasteiger charge is 2.12. The van der Waals surface area contributed by atoms with Gasteiger partial charge in [0, 0.05) is 4.47 Å². The smallest absolute Gasteiger partial charge is 0.398 e. The normalized spacial score (nSPS) is 10.2. The monoisotopic (exact) mass is 298 g/mol. The first-order valence-electron chi connectivity index (χ1n) is 4.89. The second kappa shape index (κ2) is 6.80. The van der Waals surface area contributed by atoms with E-state index < -0.39 is 11.9 Å². The molecule has 17 heavy (non-hydrogen) atoms. The quantitative estimate of drug-likeness (QED) is 0.398. The van der Waals surface area contributed by atoms with Crippen LogP contribution in [0.25, 0.3) is 0 Å². The van der Waals surface area contributed by atoms with Gasteiger partial charge in [-0.1, -0.05) is 28.1 Å². The highest BCUT2D eigenvalue weighted by molar-refractivity contribution is 9.10. The van der Waals surface area contributed by atoms with Crippen molar-refractivity contribution in [1.29, 1.82) is 0 Å². The molecule has 0 saturated carbocycles. The SMILES string of the molecule is CCOC(=O)C(=O)N/N=C/c1ccc(Br)cc1. The molecule has 5 nitrogen and oxygen atoms in total. The Balaban J connectivity index is 2.47. The molecular weight excluding hydrogens is 288 g/mol. The van der Waals surface area contributed by atoms with Crippen LogP contribution in [0.1, 0.15) is 12.5 Å². The fourth-order valence-corrected chi connectivity index (χ4v) is 1.22. The molecule has 0 radical (unpaired) electrons. The number of nitrogens with one attached hydrogen (secondary N) is 1. The molecule has 1 aromatic carbocycles. The standard InChI is InChI=1S/C11H11BrN2O3/c1-2-17-11(16)10(15)14-13-7-8-3-5-9(12)6-4-8/h3-7H,2H2,1H3,(H,14,15)/b13-7+. The first-order chi connectivity index (χ1) is 8.13. The van der Waals surface area contributed by atoms with Crippen molar-refractivity contribution in [2.75, 3.05) is 6.61 Å². The Morgan fingerprint density at radius 3 is 2.65 bits per heavy atom. The fraction of sp³-hybridized carbons (Fsp3) is 0.182. The summed E-state index contributed by atoms with van der Waals surface area (Å²) in [7, 11) is 0. The van der Waals surface area contributed by atoms with Crippen molar-refractivity contribution in [3.63, 3.8) is 0 Å². The molecule has 6 heteroatoms. The lowest BCUT2D eigenvalue weighted by Gasteiger charge is -1.99. The summed E-state index contributed by atoms with van der Waals surface area (Å²) in [5, 5.41) is 3.63. The lowest BCUT2D eigenvalue weighted by molar-refractivity contribution is -0.154. The molecule has 0 saturated heterocycles. The highest BCUT2D eigenvalue weighted by Crippen LogP contribution is 2.08. The van der Waals surface area contributed by atoms with Crippen molar-refractivity contribution in [1.82, 2.24) is 5.43 Å². The molecule has 0 aliphatic heterocycles. The van der Waals surface area contributed by atoms with Crippen LogP contribution in [0, 0.1) is 0 Å². The van der Waals surface area contributed by atoms with Gasteiger partial charge >= 0.3 is 11.9 Å². The van der Waals surface area contributed by atoms with Gasteiger partial charge in [-0.15, -0.1) is 0 Å². The molecule has 0 atom stereocenters. The van der Waals surface area contributed by atoms with Crippen LogP contribution in [0.2, 0.25) is 0 Å². The Kier molecular flexibility index (Phi) is 5.35. The first kappa shape index (κ1) is 13.4. The van der Waals surface area contributed by atoms with Crippen LogP contribution in [0.15, 0.2) is 33.8 Å². The topological polar surface area (TPSA) is 67.8 Å². The Bertz CT molecular complexity index is 429. The number of amides is 1. The fourth-order valence-electron chi connectivity index (χ4n) is 0.957. The maximum absolute atomic E-state index is 11.1. The van der Waals surface area contributed by atoms with E-state index in [1.165, 1.54) is 6.21 Å². The van der Waals surface area contributed by atoms with Crippen molar-refractivity contribution < 1.29 is 14.3 Å². The van der Waals surface area contributed by atoms with Crippen molar-refractivity contribution in [2.24, 2.45) is 5.10 Å². The van der Waals surface area contributed by atoms with Gasteiger partial charge in [-0.3, -0.25) is 4.79 Å². The molecule has 1 aromatic rings. The number of esters is 1. The minimum absolute atomic E-state index is 0.155. The van der Waals surface area contributed by atoms with E-state index in [0.717, 1.165) is 10.0 Å². The lowest BCUT2D eigenvalue weighted by Crippen LogP contribution is -2.28. The first-order valence-corrected chi connectivity index (χ1v) is 5.68. The summed E-state index contributed by atoms with van der Waals surface area (Å²) in [4.78, 5) is 22.0. The zero-order valence-corrected chi connectivity index (χ0v) is 10.7. The molecular formula is C11H11BrN2O3. The van der Waals surface area contributed by atoms with E-state index in [4.69, 9.17) is 0 Å². The Labute approximate surface area is 107 Å². The number of benzene rings is 1. The number of carbonyl (C=O) groups excluding carboxylic acids is 2. The van der Waals surface area contributed by atoms with E-state index in [0.29, 0.717) is 0 Å². The van der Waals surface area contributed by atoms with Crippen LogP contribution >= 0.6 is 15.9 Å². The van der Waals surface area contributed by atoms with Gasteiger partial charge in [-0.2, -0.15) is 5.10 Å². The molecule has 0 aliphatic carbocycles. The van der Waals surface area contributed by atoms with Crippen molar-refractivity contribution in [2.45, 2.75) is 6.92 Å². The van der Waals surface area contributed by atoms with E-state index in [2.05, 4.69) is 31.2 Å². The van der Waals surface area contributed by atoms with E-state index in [-0.39, 0.29) is 6.61 Å². The largest absolute Gasteiger partial charge is 0.459 e. The van der Waals surface area contributed by atoms with Crippen molar-refractivity contribution >= 4 is 34.0 Å². The van der Waals surface area contributed by atoms with Gasteiger partial charge in [0.2, 0.25) is 0 Å². The molecule has 0 bridgehead atoms. The number of hydrogen-bond acceptors (Lipinski definition) is 4. The maximum Gasteiger partial charge on any atom is 0.398 e. The van der Waals surface area contributed by atoms with E-state index in [1.807, 2.05) is 24.3 Å². The lowest BCUT2D eigenvalue weighted by atomic mass is 10.2. The van der Waals surface area contributed by atoms with Crippen LogP contribution in [0.5, 0.6) is 0 Å². The molecule has 0 spiro atoms. The molecule has 90 valence electrons. The predicted octanol–water partition coefficient (Wildman–Crippen LogP) is 1.46. The molecule has 1 amide bonds. The summed E-state index contributed by atoms with van der Waals surface area (Å²) < 4.78 is 5.44. The number of nitrogens with zero attached hydrogens (tertiary/aromatic N) is 1. The molecule has 1 N–H and O–H groups in total. The third-order valence-corrected chi connectivity index (χ3v) is 2.24. The van der Waals surface area contributed by atoms with Gasteiger partial charge in [-0.05, 0) is 24.6 Å². The third-order valence-electron chi connectivity index (χ3n) is 1.71. The van der Waals surface area contributed by atoms with Crippen LogP contribution in [-0.2, 0) is 14.3 Å². The summed E-state index contributed by atoms with van der Waals surface area (Å²) in [6.07, 6.45) is 1.43. The minimum atomic E-state index is -0.944. The number of hydrogen-bond donors (Lipinski definition) is 1. The van der Waals surface area contributed by atoms with Gasteiger partial charge in [-0.25, -0.2) is 10.2 Å². The second-order valence-corrected chi connectivity index (χ2v) is 3.89. The summed E-state index contributed by atoms with van der Waals surface area (Å²) >= 11 is 3.30. The molecule has 0 aliphatic rings. The number of hydrazone groups is 1. The van der Waals surface area contributed by atoms with Crippen LogP contribution < -0.4 is 5.43 Å². The second-order valence-electron chi connectivity index (χ2n) is 2.97. The van der Waals surface area contributed by atoms with Gasteiger partial charge in [0.05, 0.1) is 12.8 Å². The zero-order chi connectivity index (χ0) is 12.7. The van der Waals surface area contributed by atoms with E-state index >= 15 is 0 Å². The van der Waals surface area contributed by atoms with E-state index in [1.54, 1.807) is 6.92 Å². The number of carbonyl (C=O) groups is 2. The number of ether oxygens (including phenoxy) is 1. The van der Waals surface area contributed by atoms with Crippen molar-refractivity contribution in [3.05, 3.63) is 34.3 Å². The van der Waals surface area contributed by atoms with Gasteiger partial charge in [0.15, 0.2) is 0 Å². The predicted molar refractivity (Wildman–Crippen MR) is 66.5 cm³/mol. The Morgan fingerprint density at radius 2 is 2.06 bits per heavy atom. The minimum Gasteiger partial charge on any atom is -0.459 e. The molecule has 0 heterocycles. The average Bonchev–Trinajstić information content (AvgIpc) is 2.32. The summed E-state index contributed by atoms with van der Waals surface area (Å²) in [6, 6.07) is 7.30. The zero-order valence-electron chi connectivity index (χ0n) is 9.14. The molecule has 0 unspecified atom stereocenters.